The second-order valence-electron chi connectivity index (χ2n) is 16.1. The van der Waals surface area contributed by atoms with Crippen molar-refractivity contribution in [2.75, 3.05) is 36.9 Å². The maximum Gasteiger partial charge on any atom is 0.433 e. The number of aromatic nitrogens is 4. The molecule has 2 aliphatic heterocycles. The van der Waals surface area contributed by atoms with Crippen LogP contribution in [-0.2, 0) is 29.9 Å². The number of pyridine rings is 1. The Morgan fingerprint density at radius 2 is 1.64 bits per heavy atom. The third kappa shape index (κ3) is 7.38. The number of imidazole rings is 1. The number of hydrogen-bond donors (Lipinski definition) is 2. The van der Waals surface area contributed by atoms with Gasteiger partial charge in [0, 0.05) is 63.3 Å². The average molecular weight is 803 g/mol. The molecule has 1 unspecified atom stereocenters. The van der Waals surface area contributed by atoms with Crippen LogP contribution in [0.25, 0.3) is 21.9 Å². The summed E-state index contributed by atoms with van der Waals surface area (Å²) in [5, 5.41) is 5.50. The topological polar surface area (TPSA) is 126 Å². The highest BCUT2D eigenvalue weighted by Crippen LogP contribution is 2.40. The van der Waals surface area contributed by atoms with Gasteiger partial charge in [-0.15, -0.1) is 0 Å². The number of nitrogens with one attached hydrogen (secondary N) is 2. The van der Waals surface area contributed by atoms with Gasteiger partial charge in [-0.05, 0) is 100 Å². The minimum absolute atomic E-state index is 0.127. The number of nitrogens with zero attached hydrogens (tertiary/aromatic N) is 6. The number of para-hydroxylation sites is 1. The van der Waals surface area contributed by atoms with Gasteiger partial charge in [-0.1, -0.05) is 12.1 Å². The lowest BCUT2D eigenvalue weighted by Crippen LogP contribution is -2.45. The van der Waals surface area contributed by atoms with Crippen molar-refractivity contribution in [2.24, 2.45) is 20.0 Å². The fourth-order valence-corrected chi connectivity index (χ4v) is 9.42. The molecule has 3 fully saturated rings. The molecular formula is C42H46F4N8O4. The van der Waals surface area contributed by atoms with Crippen LogP contribution in [0.15, 0.2) is 59.4 Å². The van der Waals surface area contributed by atoms with Crippen molar-refractivity contribution in [3.63, 3.8) is 0 Å². The van der Waals surface area contributed by atoms with E-state index in [1.165, 1.54) is 16.7 Å². The van der Waals surface area contributed by atoms with Crippen LogP contribution in [0.1, 0.15) is 85.2 Å². The van der Waals surface area contributed by atoms with E-state index >= 15 is 4.39 Å². The van der Waals surface area contributed by atoms with Gasteiger partial charge in [-0.3, -0.25) is 28.8 Å². The Morgan fingerprint density at radius 1 is 0.914 bits per heavy atom. The number of halogens is 4. The molecule has 3 amide bonds. The zero-order valence-electron chi connectivity index (χ0n) is 32.6. The molecule has 2 N–H and O–H groups in total. The van der Waals surface area contributed by atoms with E-state index in [0.717, 1.165) is 98.6 Å². The monoisotopic (exact) mass is 802 g/mol. The number of fused-ring (bicyclic) bond motifs is 2. The van der Waals surface area contributed by atoms with Gasteiger partial charge in [0.25, 0.3) is 5.91 Å². The van der Waals surface area contributed by atoms with Gasteiger partial charge in [0.05, 0.1) is 27.9 Å². The first-order valence-electron chi connectivity index (χ1n) is 19.8. The molecule has 0 radical (unpaired) electrons. The van der Waals surface area contributed by atoms with Crippen LogP contribution in [0, 0.1) is 11.7 Å². The van der Waals surface area contributed by atoms with E-state index in [0.29, 0.717) is 29.4 Å². The van der Waals surface area contributed by atoms with Crippen LogP contribution in [0.5, 0.6) is 0 Å². The van der Waals surface area contributed by atoms with E-state index in [-0.39, 0.29) is 29.6 Å². The molecule has 0 spiro atoms. The highest BCUT2D eigenvalue weighted by molar-refractivity contribution is 6.04. The zero-order valence-corrected chi connectivity index (χ0v) is 32.6. The molecule has 8 rings (SSSR count). The first-order chi connectivity index (χ1) is 27.7. The van der Waals surface area contributed by atoms with E-state index in [2.05, 4.69) is 32.5 Å². The van der Waals surface area contributed by atoms with Gasteiger partial charge in [-0.25, -0.2) is 14.2 Å². The number of piperidine rings is 2. The van der Waals surface area contributed by atoms with Gasteiger partial charge < -0.3 is 19.7 Å². The lowest BCUT2D eigenvalue weighted by atomic mass is 9.80. The number of hydrogen-bond acceptors (Lipinski definition) is 7. The number of carbonyl (C=O) groups is 3. The van der Waals surface area contributed by atoms with E-state index in [4.69, 9.17) is 0 Å². The Kier molecular flexibility index (Phi) is 10.4. The van der Waals surface area contributed by atoms with Gasteiger partial charge in [0.2, 0.25) is 11.8 Å². The fraction of sp³-hybridized carbons (Fsp3) is 0.452. The summed E-state index contributed by atoms with van der Waals surface area (Å²) < 4.78 is 59.8. The maximum absolute atomic E-state index is 15.2. The van der Waals surface area contributed by atoms with Crippen LogP contribution in [0.3, 0.4) is 0 Å². The van der Waals surface area contributed by atoms with E-state index in [1.54, 1.807) is 11.6 Å². The Morgan fingerprint density at radius 3 is 2.34 bits per heavy atom. The number of carbonyl (C=O) groups excluding carboxylic acids is 3. The van der Waals surface area contributed by atoms with Crippen molar-refractivity contribution in [3.8, 4) is 0 Å². The second kappa shape index (κ2) is 15.3. The Balaban J connectivity index is 0.871. The number of amides is 3. The molecule has 0 bridgehead atoms. The van der Waals surface area contributed by atoms with Crippen LogP contribution in [0.2, 0.25) is 0 Å². The Labute approximate surface area is 331 Å². The number of aryl methyl sites for hydroxylation is 2. The van der Waals surface area contributed by atoms with Crippen molar-refractivity contribution < 1.29 is 31.9 Å². The van der Waals surface area contributed by atoms with Crippen molar-refractivity contribution in [1.82, 2.24) is 28.9 Å². The summed E-state index contributed by atoms with van der Waals surface area (Å²) in [6.07, 6.45) is 1.77. The minimum atomic E-state index is -4.71. The average Bonchev–Trinajstić information content (AvgIpc) is 3.65. The largest absolute Gasteiger partial charge is 0.433 e. The summed E-state index contributed by atoms with van der Waals surface area (Å²) >= 11 is 0. The summed E-state index contributed by atoms with van der Waals surface area (Å²) in [4.78, 5) is 58.9. The summed E-state index contributed by atoms with van der Waals surface area (Å²) in [5.74, 6) is -1.57. The zero-order chi connectivity index (χ0) is 41.0. The van der Waals surface area contributed by atoms with E-state index in [9.17, 15) is 32.3 Å². The smallest absolute Gasteiger partial charge is 0.370 e. The van der Waals surface area contributed by atoms with Gasteiger partial charge in [0.15, 0.2) is 0 Å². The lowest BCUT2D eigenvalue weighted by Gasteiger charge is -2.40. The van der Waals surface area contributed by atoms with Gasteiger partial charge in [-0.2, -0.15) is 13.2 Å². The van der Waals surface area contributed by atoms with Crippen LogP contribution in [0.4, 0.5) is 28.9 Å². The third-order valence-corrected chi connectivity index (χ3v) is 12.5. The summed E-state index contributed by atoms with van der Waals surface area (Å²) in [6, 6.07) is 13.4. The van der Waals surface area contributed by atoms with Crippen molar-refractivity contribution >= 4 is 51.0 Å². The third-order valence-electron chi connectivity index (χ3n) is 12.5. The highest BCUT2D eigenvalue weighted by Gasteiger charge is 2.35. The second-order valence-corrected chi connectivity index (χ2v) is 16.1. The number of rotatable bonds is 8. The number of anilines is 2. The summed E-state index contributed by atoms with van der Waals surface area (Å²) in [6.45, 7) is 2.64. The lowest BCUT2D eigenvalue weighted by molar-refractivity contribution is -0.141. The molecule has 3 aromatic heterocycles. The molecule has 1 saturated carbocycles. The first kappa shape index (κ1) is 39.3. The normalized spacial score (nSPS) is 21.0. The minimum Gasteiger partial charge on any atom is -0.370 e. The van der Waals surface area contributed by atoms with E-state index in [1.807, 2.05) is 35.9 Å². The standard InChI is InChI=1S/C42H46F4N8O4/c1-50(27-16-18-53(19-17-27)31-7-5-8-32-38(31)52(3)41(58)54(32)33-14-15-37(55)49-40(33)57)23-24-10-12-25(13-11-24)34-21-26-20-30(28(43)22-35(26)51(34)2)48-39(56)29-6-4-9-36(47-29)42(44,45)46/h4-9,20-22,24-25,27,33H,10-19,23H2,1-3H3,(H,48,56)(H,49,55,57). The highest BCUT2D eigenvalue weighted by atomic mass is 19.4. The molecule has 1 aliphatic carbocycles. The molecule has 2 saturated heterocycles. The number of alkyl halides is 3. The molecule has 5 heterocycles. The predicted octanol–water partition coefficient (Wildman–Crippen LogP) is 6.49. The molecule has 58 heavy (non-hydrogen) atoms. The molecular weight excluding hydrogens is 757 g/mol. The first-order valence-corrected chi connectivity index (χ1v) is 19.8. The maximum atomic E-state index is 15.2. The van der Waals surface area contributed by atoms with Crippen molar-refractivity contribution in [3.05, 3.63) is 88.0 Å². The van der Waals surface area contributed by atoms with Crippen LogP contribution < -0.4 is 21.2 Å². The fourth-order valence-electron chi connectivity index (χ4n) is 9.42. The molecule has 1 atom stereocenters. The van der Waals surface area contributed by atoms with Crippen LogP contribution >= 0.6 is 0 Å². The van der Waals surface area contributed by atoms with Gasteiger partial charge >= 0.3 is 11.9 Å². The molecule has 16 heteroatoms. The molecule has 5 aromatic rings. The quantitative estimate of drug-likeness (QED) is 0.136. The molecule has 306 valence electrons. The molecule has 2 aromatic carbocycles. The Hall–Kier alpha value is -5.51. The SMILES string of the molecule is CN(CC1CCC(c2cc3cc(NC(=O)c4cccc(C(F)(F)F)n4)c(F)cc3n2C)CC1)C1CCN(c2cccc3c2n(C)c(=O)n3C2CCC(=O)NC2=O)CC1. The van der Waals surface area contributed by atoms with Crippen molar-refractivity contribution in [1.29, 1.82) is 0 Å². The van der Waals surface area contributed by atoms with Crippen LogP contribution in [-0.4, -0.2) is 74.0 Å². The summed E-state index contributed by atoms with van der Waals surface area (Å²) in [7, 11) is 5.84. The molecule has 12 nitrogen and oxygen atoms in total. The number of imide groups is 1. The van der Waals surface area contributed by atoms with E-state index < -0.39 is 41.2 Å². The van der Waals surface area contributed by atoms with Crippen molar-refractivity contribution in [2.45, 2.75) is 75.5 Å². The Bertz CT molecular complexity index is 2470. The van der Waals surface area contributed by atoms with Gasteiger partial charge in [0.1, 0.15) is 23.2 Å². The predicted molar refractivity (Wildman–Crippen MR) is 211 cm³/mol. The number of benzene rings is 2. The molecule has 3 aliphatic rings. The summed E-state index contributed by atoms with van der Waals surface area (Å²) in [5.41, 5.74) is 2.13.